The number of fused-ring (bicyclic) bond motifs is 3. The lowest BCUT2D eigenvalue weighted by Gasteiger charge is -2.48. The van der Waals surface area contributed by atoms with Crippen LogP contribution in [-0.4, -0.2) is 60.0 Å². The van der Waals surface area contributed by atoms with Crippen LogP contribution in [0.3, 0.4) is 0 Å². The number of nitrogens with one attached hydrogen (secondary N) is 2. The number of hydrogen-bond donors (Lipinski definition) is 3. The average molecular weight is 286 g/mol. The van der Waals surface area contributed by atoms with Gasteiger partial charge in [0.1, 0.15) is 23.5 Å². The molecule has 0 spiro atoms. The summed E-state index contributed by atoms with van der Waals surface area (Å²) < 4.78 is 17.9. The van der Waals surface area contributed by atoms with Gasteiger partial charge < -0.3 is 24.6 Å². The molecular weight excluding hydrogens is 264 g/mol. The van der Waals surface area contributed by atoms with E-state index in [4.69, 9.17) is 14.2 Å². The number of amides is 1. The summed E-state index contributed by atoms with van der Waals surface area (Å²) in [6.45, 7) is 5.84. The average Bonchev–Trinajstić information content (AvgIpc) is 2.53. The molecule has 2 bridgehead atoms. The normalized spacial score (nSPS) is 45.8. The molecule has 4 aliphatic rings. The van der Waals surface area contributed by atoms with E-state index in [1.807, 2.05) is 13.8 Å². The molecular formula is C13H22N2O5. The number of carbonyl (C=O) groups excluding carboxylic acids is 1. The van der Waals surface area contributed by atoms with Gasteiger partial charge in [-0.25, -0.2) is 0 Å². The molecule has 7 nitrogen and oxygen atoms in total. The summed E-state index contributed by atoms with van der Waals surface area (Å²) in [5, 5.41) is 16.0. The Labute approximate surface area is 117 Å². The number of carbonyl (C=O) groups is 1. The third kappa shape index (κ3) is 1.96. The Balaban J connectivity index is 2.01. The van der Waals surface area contributed by atoms with Gasteiger partial charge in [0.05, 0.1) is 13.2 Å². The molecule has 0 aromatic heterocycles. The lowest BCUT2D eigenvalue weighted by Crippen LogP contribution is -2.74. The molecule has 4 saturated heterocycles. The van der Waals surface area contributed by atoms with Gasteiger partial charge >= 0.3 is 0 Å². The molecule has 3 unspecified atom stereocenters. The molecule has 0 saturated carbocycles. The topological polar surface area (TPSA) is 89.1 Å². The standard InChI is InChI=1S/C13H22N2O5/c1-8(17)15-13-7-18-12(6-16,4-5-14-13)9-10(13)20-11(2,3)19-9/h9-10,14,16H,4-7H2,1-3H3,(H,15,17)/t9?,10?,12?,13-/m0/s1. The first-order chi connectivity index (χ1) is 9.33. The second-order valence-electron chi connectivity index (χ2n) is 6.32. The van der Waals surface area contributed by atoms with Gasteiger partial charge in [-0.15, -0.1) is 0 Å². The van der Waals surface area contributed by atoms with Crippen molar-refractivity contribution >= 4 is 5.91 Å². The Kier molecular flexibility index (Phi) is 3.11. The molecule has 3 N–H and O–H groups in total. The molecule has 0 aromatic rings. The molecule has 0 radical (unpaired) electrons. The molecule has 114 valence electrons. The third-order valence-corrected chi connectivity index (χ3v) is 4.34. The van der Waals surface area contributed by atoms with Crippen LogP contribution in [0.15, 0.2) is 0 Å². The van der Waals surface area contributed by atoms with Gasteiger partial charge in [-0.2, -0.15) is 0 Å². The monoisotopic (exact) mass is 286 g/mol. The fourth-order valence-corrected chi connectivity index (χ4v) is 3.47. The van der Waals surface area contributed by atoms with Gasteiger partial charge in [-0.1, -0.05) is 0 Å². The molecule has 4 rings (SSSR count). The Hall–Kier alpha value is -0.730. The minimum absolute atomic E-state index is 0.133. The van der Waals surface area contributed by atoms with Crippen molar-refractivity contribution in [1.29, 1.82) is 0 Å². The van der Waals surface area contributed by atoms with Crippen LogP contribution < -0.4 is 10.6 Å². The van der Waals surface area contributed by atoms with Crippen molar-refractivity contribution in [2.45, 2.75) is 56.5 Å². The van der Waals surface area contributed by atoms with Crippen LogP contribution in [0.2, 0.25) is 0 Å². The van der Waals surface area contributed by atoms with Gasteiger partial charge in [0.25, 0.3) is 0 Å². The number of aliphatic hydroxyl groups is 1. The summed E-state index contributed by atoms with van der Waals surface area (Å²) in [5.41, 5.74) is -1.58. The zero-order chi connectivity index (χ0) is 14.6. The van der Waals surface area contributed by atoms with Crippen LogP contribution in [0.5, 0.6) is 0 Å². The van der Waals surface area contributed by atoms with Crippen molar-refractivity contribution in [3.63, 3.8) is 0 Å². The third-order valence-electron chi connectivity index (χ3n) is 4.34. The Morgan fingerprint density at radius 1 is 1.40 bits per heavy atom. The Bertz CT molecular complexity index is 429. The first kappa shape index (κ1) is 14.2. The first-order valence-electron chi connectivity index (χ1n) is 6.97. The van der Waals surface area contributed by atoms with E-state index in [9.17, 15) is 9.90 Å². The minimum atomic E-state index is -0.806. The van der Waals surface area contributed by atoms with E-state index in [0.717, 1.165) is 0 Å². The van der Waals surface area contributed by atoms with Gasteiger partial charge in [-0.3, -0.25) is 10.1 Å². The van der Waals surface area contributed by atoms with E-state index in [0.29, 0.717) is 13.0 Å². The van der Waals surface area contributed by atoms with Crippen LogP contribution in [0.4, 0.5) is 0 Å². The number of ether oxygens (including phenoxy) is 3. The van der Waals surface area contributed by atoms with Crippen molar-refractivity contribution < 1.29 is 24.1 Å². The van der Waals surface area contributed by atoms with E-state index in [1.54, 1.807) is 0 Å². The summed E-state index contributed by atoms with van der Waals surface area (Å²) in [4.78, 5) is 11.6. The van der Waals surface area contributed by atoms with Crippen molar-refractivity contribution in [1.82, 2.24) is 10.6 Å². The highest BCUT2D eigenvalue weighted by molar-refractivity contribution is 5.74. The Morgan fingerprint density at radius 2 is 2.10 bits per heavy atom. The molecule has 7 heteroatoms. The zero-order valence-electron chi connectivity index (χ0n) is 12.1. The van der Waals surface area contributed by atoms with E-state index in [2.05, 4.69) is 10.6 Å². The fourth-order valence-electron chi connectivity index (χ4n) is 3.47. The predicted molar refractivity (Wildman–Crippen MR) is 68.8 cm³/mol. The van der Waals surface area contributed by atoms with Crippen molar-refractivity contribution in [2.24, 2.45) is 0 Å². The van der Waals surface area contributed by atoms with Gasteiger partial charge in [-0.05, 0) is 20.3 Å². The van der Waals surface area contributed by atoms with Crippen molar-refractivity contribution in [3.8, 4) is 0 Å². The van der Waals surface area contributed by atoms with Gasteiger partial charge in [0.2, 0.25) is 5.91 Å². The van der Waals surface area contributed by atoms with Crippen LogP contribution >= 0.6 is 0 Å². The summed E-state index contributed by atoms with van der Waals surface area (Å²) in [6.07, 6.45) is -0.214. The van der Waals surface area contributed by atoms with Crippen LogP contribution in [0.25, 0.3) is 0 Å². The maximum Gasteiger partial charge on any atom is 0.218 e. The fraction of sp³-hybridized carbons (Fsp3) is 0.923. The highest BCUT2D eigenvalue weighted by Crippen LogP contribution is 2.46. The molecule has 20 heavy (non-hydrogen) atoms. The molecule has 4 fully saturated rings. The summed E-state index contributed by atoms with van der Waals surface area (Å²) >= 11 is 0. The Morgan fingerprint density at radius 3 is 2.75 bits per heavy atom. The lowest BCUT2D eigenvalue weighted by atomic mass is 9.84. The number of hydrogen-bond acceptors (Lipinski definition) is 6. The van der Waals surface area contributed by atoms with Crippen LogP contribution in [-0.2, 0) is 19.0 Å². The highest BCUT2D eigenvalue weighted by atomic mass is 16.8. The quantitative estimate of drug-likeness (QED) is 0.609. The van der Waals surface area contributed by atoms with Crippen molar-refractivity contribution in [3.05, 3.63) is 0 Å². The largest absolute Gasteiger partial charge is 0.393 e. The van der Waals surface area contributed by atoms with Gasteiger partial charge in [0.15, 0.2) is 5.79 Å². The molecule has 0 aromatic carbocycles. The molecule has 1 amide bonds. The molecule has 0 aliphatic carbocycles. The number of rotatable bonds is 2. The van der Waals surface area contributed by atoms with E-state index < -0.39 is 29.3 Å². The van der Waals surface area contributed by atoms with Crippen LogP contribution in [0.1, 0.15) is 27.2 Å². The number of aliphatic hydroxyl groups excluding tert-OH is 1. The summed E-state index contributed by atoms with van der Waals surface area (Å²) in [7, 11) is 0. The SMILES string of the molecule is CC(=O)N[C@]12COC(CO)(CCN1)C1OC(C)(C)OC12. The second kappa shape index (κ2) is 4.38. The van der Waals surface area contributed by atoms with Gasteiger partial charge in [0, 0.05) is 13.5 Å². The smallest absolute Gasteiger partial charge is 0.218 e. The zero-order valence-corrected chi connectivity index (χ0v) is 12.1. The summed E-state index contributed by atoms with van der Waals surface area (Å²) in [6, 6.07) is 0. The second-order valence-corrected chi connectivity index (χ2v) is 6.32. The van der Waals surface area contributed by atoms with Crippen LogP contribution in [0, 0.1) is 0 Å². The van der Waals surface area contributed by atoms with E-state index in [-0.39, 0.29) is 19.1 Å². The maximum absolute atomic E-state index is 11.6. The maximum atomic E-state index is 11.6. The molecule has 4 aliphatic heterocycles. The molecule has 4 atom stereocenters. The highest BCUT2D eigenvalue weighted by Gasteiger charge is 2.66. The van der Waals surface area contributed by atoms with Crippen molar-refractivity contribution in [2.75, 3.05) is 19.8 Å². The lowest BCUT2D eigenvalue weighted by molar-refractivity contribution is -0.209. The van der Waals surface area contributed by atoms with E-state index in [1.165, 1.54) is 6.92 Å². The summed E-state index contributed by atoms with van der Waals surface area (Å²) in [5.74, 6) is -0.932. The predicted octanol–water partition coefficient (Wildman–Crippen LogP) is -0.906. The minimum Gasteiger partial charge on any atom is -0.393 e. The first-order valence-corrected chi connectivity index (χ1v) is 6.97. The molecule has 4 heterocycles. The van der Waals surface area contributed by atoms with E-state index >= 15 is 0 Å².